The Morgan fingerprint density at radius 2 is 1.52 bits per heavy atom. The predicted octanol–water partition coefficient (Wildman–Crippen LogP) is 0.937. The van der Waals surface area contributed by atoms with Crippen LogP contribution in [0.1, 0.15) is 11.1 Å². The van der Waals surface area contributed by atoms with Crippen LogP contribution in [0.4, 0.5) is 4.79 Å². The summed E-state index contributed by atoms with van der Waals surface area (Å²) in [4.78, 5) is 12.2. The Balaban J connectivity index is 1.63. The van der Waals surface area contributed by atoms with Gasteiger partial charge in [0.15, 0.2) is 6.29 Å². The molecule has 29 heavy (non-hydrogen) atoms. The number of hydrogen-bond acceptors (Lipinski definition) is 7. The number of ether oxygens (including phenoxy) is 3. The molecule has 2 aromatic rings. The highest BCUT2D eigenvalue weighted by Gasteiger charge is 2.45. The van der Waals surface area contributed by atoms with Crippen molar-refractivity contribution in [2.45, 2.75) is 43.9 Å². The third kappa shape index (κ3) is 5.75. The molecular weight excluding hydrogens is 378 g/mol. The van der Waals surface area contributed by atoms with Crippen molar-refractivity contribution >= 4 is 6.09 Å². The lowest BCUT2D eigenvalue weighted by Crippen LogP contribution is -2.64. The molecule has 2 aromatic carbocycles. The molecule has 0 spiro atoms. The van der Waals surface area contributed by atoms with Crippen LogP contribution < -0.4 is 5.32 Å². The minimum Gasteiger partial charge on any atom is -0.445 e. The number of carbonyl (C=O) groups is 1. The summed E-state index contributed by atoms with van der Waals surface area (Å²) in [6.45, 7) is -0.300. The van der Waals surface area contributed by atoms with Gasteiger partial charge in [-0.15, -0.1) is 0 Å². The van der Waals surface area contributed by atoms with Crippen molar-refractivity contribution in [2.75, 3.05) is 6.61 Å². The van der Waals surface area contributed by atoms with Crippen LogP contribution in [0.2, 0.25) is 0 Å². The summed E-state index contributed by atoms with van der Waals surface area (Å²) in [5.74, 6) is 0. The zero-order valence-corrected chi connectivity index (χ0v) is 15.8. The van der Waals surface area contributed by atoms with Crippen LogP contribution in [0.25, 0.3) is 0 Å². The second kappa shape index (κ2) is 10.3. The molecule has 1 aliphatic rings. The molecule has 0 aromatic heterocycles. The zero-order valence-electron chi connectivity index (χ0n) is 15.8. The summed E-state index contributed by atoms with van der Waals surface area (Å²) in [7, 11) is 0. The number of aliphatic hydroxyl groups excluding tert-OH is 3. The lowest BCUT2D eigenvalue weighted by atomic mass is 9.97. The molecule has 0 saturated carbocycles. The lowest BCUT2D eigenvalue weighted by Gasteiger charge is -2.42. The van der Waals surface area contributed by atoms with Gasteiger partial charge >= 0.3 is 6.09 Å². The summed E-state index contributed by atoms with van der Waals surface area (Å²) in [5.41, 5.74) is 1.67. The molecule has 0 radical (unpaired) electrons. The van der Waals surface area contributed by atoms with Gasteiger partial charge in [-0.2, -0.15) is 0 Å². The van der Waals surface area contributed by atoms with E-state index in [-0.39, 0.29) is 13.2 Å². The molecule has 3 rings (SSSR count). The SMILES string of the molecule is O=C(N[C@H]1[C@@H](OCc2ccccc2)O[C@H](CO)[C@@H](O)[C@@H]1O)OCc1ccccc1. The molecule has 0 unspecified atom stereocenters. The fraction of sp³-hybridized carbons (Fsp3) is 0.381. The van der Waals surface area contributed by atoms with Crippen molar-refractivity contribution in [3.63, 3.8) is 0 Å². The van der Waals surface area contributed by atoms with Crippen molar-refractivity contribution in [1.29, 1.82) is 0 Å². The first-order valence-corrected chi connectivity index (χ1v) is 9.33. The van der Waals surface area contributed by atoms with E-state index in [1.807, 2.05) is 60.7 Å². The van der Waals surface area contributed by atoms with Crippen LogP contribution in [0.15, 0.2) is 60.7 Å². The molecule has 1 saturated heterocycles. The first-order valence-electron chi connectivity index (χ1n) is 9.33. The third-order valence-corrected chi connectivity index (χ3v) is 4.64. The summed E-state index contributed by atoms with van der Waals surface area (Å²) in [6.07, 6.45) is -5.72. The Bertz CT molecular complexity index is 758. The number of alkyl carbamates (subject to hydrolysis) is 1. The molecular formula is C21H25NO7. The molecule has 0 bridgehead atoms. The van der Waals surface area contributed by atoms with Crippen molar-refractivity contribution in [2.24, 2.45) is 0 Å². The van der Waals surface area contributed by atoms with Gasteiger partial charge < -0.3 is 34.8 Å². The van der Waals surface area contributed by atoms with Crippen LogP contribution in [-0.2, 0) is 27.4 Å². The minimum atomic E-state index is -1.41. The normalized spacial score (nSPS) is 26.7. The Kier molecular flexibility index (Phi) is 7.56. The fourth-order valence-electron chi connectivity index (χ4n) is 3.03. The average Bonchev–Trinajstić information content (AvgIpc) is 2.76. The molecule has 5 atom stereocenters. The quantitative estimate of drug-likeness (QED) is 0.543. The molecule has 1 heterocycles. The standard InChI is InChI=1S/C21H25NO7/c23-11-16-18(24)19(25)17(20(29-16)27-12-14-7-3-1-4-8-14)22-21(26)28-13-15-9-5-2-6-10-15/h1-10,16-20,23-25H,11-13H2,(H,22,26)/t16-,17-,18-,19-,20+/m1/s1. The second-order valence-corrected chi connectivity index (χ2v) is 6.74. The number of rotatable bonds is 7. The maximum absolute atomic E-state index is 12.2. The highest BCUT2D eigenvalue weighted by atomic mass is 16.7. The van der Waals surface area contributed by atoms with Gasteiger partial charge in [0.25, 0.3) is 0 Å². The van der Waals surface area contributed by atoms with E-state index in [0.29, 0.717) is 0 Å². The first kappa shape index (κ1) is 21.2. The van der Waals surface area contributed by atoms with Crippen LogP contribution >= 0.6 is 0 Å². The van der Waals surface area contributed by atoms with E-state index in [0.717, 1.165) is 11.1 Å². The minimum absolute atomic E-state index is 0.0493. The van der Waals surface area contributed by atoms with E-state index in [1.54, 1.807) is 0 Å². The Morgan fingerprint density at radius 3 is 2.10 bits per heavy atom. The topological polar surface area (TPSA) is 117 Å². The van der Waals surface area contributed by atoms with E-state index in [4.69, 9.17) is 14.2 Å². The number of amides is 1. The molecule has 8 heteroatoms. The molecule has 1 aliphatic heterocycles. The van der Waals surface area contributed by atoms with E-state index in [2.05, 4.69) is 5.32 Å². The van der Waals surface area contributed by atoms with Crippen molar-refractivity contribution in [3.8, 4) is 0 Å². The second-order valence-electron chi connectivity index (χ2n) is 6.74. The molecule has 156 valence electrons. The smallest absolute Gasteiger partial charge is 0.407 e. The predicted molar refractivity (Wildman–Crippen MR) is 103 cm³/mol. The molecule has 0 aliphatic carbocycles. The maximum atomic E-state index is 12.2. The van der Waals surface area contributed by atoms with Gasteiger partial charge in [-0.3, -0.25) is 0 Å². The Labute approximate surface area is 168 Å². The number of nitrogens with one attached hydrogen (secondary N) is 1. The number of hydrogen-bond donors (Lipinski definition) is 4. The molecule has 1 fully saturated rings. The van der Waals surface area contributed by atoms with Gasteiger partial charge in [0, 0.05) is 0 Å². The van der Waals surface area contributed by atoms with Crippen LogP contribution in [0.5, 0.6) is 0 Å². The molecule has 8 nitrogen and oxygen atoms in total. The number of carbonyl (C=O) groups excluding carboxylic acids is 1. The summed E-state index contributed by atoms with van der Waals surface area (Å²) < 4.78 is 16.5. The van der Waals surface area contributed by atoms with Gasteiger partial charge in [0.05, 0.1) is 13.2 Å². The molecule has 4 N–H and O–H groups in total. The molecule has 1 amide bonds. The number of benzene rings is 2. The van der Waals surface area contributed by atoms with Crippen LogP contribution in [-0.4, -0.2) is 58.7 Å². The third-order valence-electron chi connectivity index (χ3n) is 4.64. The van der Waals surface area contributed by atoms with Gasteiger partial charge in [0.1, 0.15) is 31.0 Å². The van der Waals surface area contributed by atoms with Crippen molar-refractivity contribution in [1.82, 2.24) is 5.32 Å². The summed E-state index contributed by atoms with van der Waals surface area (Å²) in [5, 5.41) is 32.5. The van der Waals surface area contributed by atoms with Crippen LogP contribution in [0, 0.1) is 0 Å². The van der Waals surface area contributed by atoms with Gasteiger partial charge in [-0.05, 0) is 11.1 Å². The van der Waals surface area contributed by atoms with Gasteiger partial charge in [-0.25, -0.2) is 4.79 Å². The van der Waals surface area contributed by atoms with Crippen molar-refractivity contribution < 1.29 is 34.3 Å². The van der Waals surface area contributed by atoms with Gasteiger partial charge in [-0.1, -0.05) is 60.7 Å². The van der Waals surface area contributed by atoms with E-state index < -0.39 is 43.3 Å². The van der Waals surface area contributed by atoms with E-state index in [1.165, 1.54) is 0 Å². The van der Waals surface area contributed by atoms with E-state index >= 15 is 0 Å². The lowest BCUT2D eigenvalue weighted by molar-refractivity contribution is -0.273. The monoisotopic (exact) mass is 403 g/mol. The average molecular weight is 403 g/mol. The highest BCUT2D eigenvalue weighted by molar-refractivity contribution is 5.67. The first-order chi connectivity index (χ1) is 14.1. The largest absolute Gasteiger partial charge is 0.445 e. The zero-order chi connectivity index (χ0) is 20.6. The Morgan fingerprint density at radius 1 is 0.931 bits per heavy atom. The maximum Gasteiger partial charge on any atom is 0.407 e. The summed E-state index contributed by atoms with van der Waals surface area (Å²) in [6, 6.07) is 17.3. The highest BCUT2D eigenvalue weighted by Crippen LogP contribution is 2.23. The van der Waals surface area contributed by atoms with Crippen LogP contribution in [0.3, 0.4) is 0 Å². The van der Waals surface area contributed by atoms with Crippen molar-refractivity contribution in [3.05, 3.63) is 71.8 Å². The Hall–Kier alpha value is -2.49. The van der Waals surface area contributed by atoms with E-state index in [9.17, 15) is 20.1 Å². The fourth-order valence-corrected chi connectivity index (χ4v) is 3.03. The number of aliphatic hydroxyl groups is 3. The van der Waals surface area contributed by atoms with Gasteiger partial charge in [0.2, 0.25) is 0 Å². The summed E-state index contributed by atoms with van der Waals surface area (Å²) >= 11 is 0.